The Hall–Kier alpha value is -2.91. The molecule has 1 aliphatic heterocycles. The summed E-state index contributed by atoms with van der Waals surface area (Å²) in [5.41, 5.74) is 1.73. The molecule has 0 aliphatic carbocycles. The molecule has 1 aromatic carbocycles. The van der Waals surface area contributed by atoms with Gasteiger partial charge < -0.3 is 20.3 Å². The van der Waals surface area contributed by atoms with Crippen LogP contribution >= 0.6 is 11.6 Å². The summed E-state index contributed by atoms with van der Waals surface area (Å²) in [5.74, 6) is 0.000765. The highest BCUT2D eigenvalue weighted by Crippen LogP contribution is 2.26. The summed E-state index contributed by atoms with van der Waals surface area (Å²) in [6.07, 6.45) is 0.329. The first-order valence-corrected chi connectivity index (χ1v) is 10.0. The van der Waals surface area contributed by atoms with Gasteiger partial charge in [-0.1, -0.05) is 11.6 Å². The van der Waals surface area contributed by atoms with Crippen LogP contribution in [0.15, 0.2) is 23.0 Å². The van der Waals surface area contributed by atoms with Gasteiger partial charge in [0.2, 0.25) is 17.8 Å². The summed E-state index contributed by atoms with van der Waals surface area (Å²) in [5, 5.41) is 5.71. The molecule has 0 unspecified atom stereocenters. The van der Waals surface area contributed by atoms with Gasteiger partial charge in [-0.05, 0) is 31.5 Å². The van der Waals surface area contributed by atoms with Crippen molar-refractivity contribution in [2.45, 2.75) is 26.7 Å². The Morgan fingerprint density at radius 2 is 2.00 bits per heavy atom. The molecule has 2 heterocycles. The number of nitrogens with zero attached hydrogens (tertiary/aromatic N) is 2. The summed E-state index contributed by atoms with van der Waals surface area (Å²) >= 11 is 6.13. The standard InChI is InChI=1S/C20H24ClN5O4/c1-12-15(19(29)25-20(22-12)26-7-9-30-10-8-26)4-6-18(28)24-17-11-14(23-13(2)27)3-5-16(17)21/h3,5,11H,4,6-10H2,1-2H3,(H,23,27)(H,24,28)(H,22,25,29). The first kappa shape index (κ1) is 21.8. The Morgan fingerprint density at radius 1 is 1.27 bits per heavy atom. The van der Waals surface area contributed by atoms with Crippen molar-refractivity contribution in [1.29, 1.82) is 0 Å². The number of benzene rings is 1. The zero-order valence-electron chi connectivity index (χ0n) is 16.9. The Morgan fingerprint density at radius 3 is 2.67 bits per heavy atom. The highest BCUT2D eigenvalue weighted by Gasteiger charge is 2.17. The predicted molar refractivity (Wildman–Crippen MR) is 115 cm³/mol. The summed E-state index contributed by atoms with van der Waals surface area (Å²) in [7, 11) is 0. The number of hydrogen-bond acceptors (Lipinski definition) is 6. The molecule has 2 aromatic rings. The van der Waals surface area contributed by atoms with Gasteiger partial charge in [-0.25, -0.2) is 4.98 Å². The van der Waals surface area contributed by atoms with Crippen molar-refractivity contribution < 1.29 is 14.3 Å². The van der Waals surface area contributed by atoms with Gasteiger partial charge in [0.05, 0.1) is 23.9 Å². The number of aromatic amines is 1. The number of rotatable bonds is 6. The van der Waals surface area contributed by atoms with Gasteiger partial charge in [-0.2, -0.15) is 0 Å². The number of carbonyl (C=O) groups excluding carboxylic acids is 2. The molecule has 1 aromatic heterocycles. The maximum absolute atomic E-state index is 12.5. The van der Waals surface area contributed by atoms with E-state index in [1.54, 1.807) is 25.1 Å². The van der Waals surface area contributed by atoms with Crippen LogP contribution in [0.3, 0.4) is 0 Å². The van der Waals surface area contributed by atoms with E-state index in [2.05, 4.69) is 20.6 Å². The van der Waals surface area contributed by atoms with E-state index in [1.165, 1.54) is 6.92 Å². The third kappa shape index (κ3) is 5.58. The monoisotopic (exact) mass is 433 g/mol. The highest BCUT2D eigenvalue weighted by atomic mass is 35.5. The molecule has 9 nitrogen and oxygen atoms in total. The second-order valence-electron chi connectivity index (χ2n) is 6.98. The number of aromatic nitrogens is 2. The van der Waals surface area contributed by atoms with Gasteiger partial charge in [-0.3, -0.25) is 19.4 Å². The summed E-state index contributed by atoms with van der Waals surface area (Å²) in [6, 6.07) is 4.81. The largest absolute Gasteiger partial charge is 0.378 e. The summed E-state index contributed by atoms with van der Waals surface area (Å²) < 4.78 is 5.32. The second kappa shape index (κ2) is 9.73. The predicted octanol–water partition coefficient (Wildman–Crippen LogP) is 2.10. The van der Waals surface area contributed by atoms with Crippen LogP contribution in [-0.2, 0) is 20.7 Å². The highest BCUT2D eigenvalue weighted by molar-refractivity contribution is 6.33. The molecule has 1 fully saturated rings. The number of amides is 2. The number of halogens is 1. The lowest BCUT2D eigenvalue weighted by molar-refractivity contribution is -0.116. The average Bonchev–Trinajstić information content (AvgIpc) is 2.70. The van der Waals surface area contributed by atoms with Crippen molar-refractivity contribution in [3.8, 4) is 0 Å². The Labute approximate surface area is 178 Å². The molecule has 0 atom stereocenters. The maximum atomic E-state index is 12.5. The SMILES string of the molecule is CC(=O)Nc1ccc(Cl)c(NC(=O)CCc2c(C)nc(N3CCOCC3)[nH]c2=O)c1. The van der Waals surface area contributed by atoms with E-state index in [0.717, 1.165) is 0 Å². The zero-order valence-corrected chi connectivity index (χ0v) is 17.6. The van der Waals surface area contributed by atoms with Crippen LogP contribution in [-0.4, -0.2) is 48.1 Å². The molecular formula is C20H24ClN5O4. The van der Waals surface area contributed by atoms with Crippen LogP contribution in [0, 0.1) is 6.92 Å². The minimum Gasteiger partial charge on any atom is -0.378 e. The zero-order chi connectivity index (χ0) is 21.7. The van der Waals surface area contributed by atoms with Crippen LogP contribution in [0.4, 0.5) is 17.3 Å². The Balaban J connectivity index is 1.65. The molecule has 10 heteroatoms. The molecule has 0 bridgehead atoms. The van der Waals surface area contributed by atoms with Crippen LogP contribution in [0.5, 0.6) is 0 Å². The smallest absolute Gasteiger partial charge is 0.255 e. The minimum atomic E-state index is -0.298. The van der Waals surface area contributed by atoms with Crippen LogP contribution < -0.4 is 21.1 Å². The molecule has 0 spiro atoms. The lowest BCUT2D eigenvalue weighted by Crippen LogP contribution is -2.38. The average molecular weight is 434 g/mol. The van der Waals surface area contributed by atoms with Crippen LogP contribution in [0.1, 0.15) is 24.6 Å². The van der Waals surface area contributed by atoms with Crippen molar-refractivity contribution in [2.24, 2.45) is 0 Å². The van der Waals surface area contributed by atoms with Crippen molar-refractivity contribution in [2.75, 3.05) is 41.8 Å². The number of H-pyrrole nitrogens is 1. The maximum Gasteiger partial charge on any atom is 0.255 e. The molecule has 2 amide bonds. The van der Waals surface area contributed by atoms with Crippen LogP contribution in [0.2, 0.25) is 5.02 Å². The quantitative estimate of drug-likeness (QED) is 0.642. The normalized spacial score (nSPS) is 13.8. The molecule has 1 saturated heterocycles. The Kier molecular flexibility index (Phi) is 7.07. The third-order valence-electron chi connectivity index (χ3n) is 4.68. The lowest BCUT2D eigenvalue weighted by Gasteiger charge is -2.27. The minimum absolute atomic E-state index is 0.0865. The first-order valence-electron chi connectivity index (χ1n) is 9.63. The van der Waals surface area contributed by atoms with Gasteiger partial charge in [0.25, 0.3) is 5.56 Å². The molecule has 1 aliphatic rings. The number of anilines is 3. The van der Waals surface area contributed by atoms with E-state index in [1.807, 2.05) is 4.90 Å². The first-order chi connectivity index (χ1) is 14.3. The molecule has 3 N–H and O–H groups in total. The second-order valence-corrected chi connectivity index (χ2v) is 7.38. The molecule has 0 radical (unpaired) electrons. The fourth-order valence-electron chi connectivity index (χ4n) is 3.17. The van der Waals surface area contributed by atoms with E-state index < -0.39 is 0 Å². The number of nitrogens with one attached hydrogen (secondary N) is 3. The van der Waals surface area contributed by atoms with Gasteiger partial charge in [0.1, 0.15) is 0 Å². The third-order valence-corrected chi connectivity index (χ3v) is 5.01. The van der Waals surface area contributed by atoms with E-state index in [9.17, 15) is 14.4 Å². The summed E-state index contributed by atoms with van der Waals surface area (Å²) in [6.45, 7) is 5.68. The lowest BCUT2D eigenvalue weighted by atomic mass is 10.1. The fraction of sp³-hybridized carbons (Fsp3) is 0.400. The van der Waals surface area contributed by atoms with Gasteiger partial charge in [0, 0.05) is 43.4 Å². The molecule has 0 saturated carbocycles. The van der Waals surface area contributed by atoms with E-state index in [4.69, 9.17) is 16.3 Å². The fourth-order valence-corrected chi connectivity index (χ4v) is 3.33. The number of ether oxygens (including phenoxy) is 1. The topological polar surface area (TPSA) is 116 Å². The number of morpholine rings is 1. The Bertz CT molecular complexity index is 1000. The van der Waals surface area contributed by atoms with Crippen molar-refractivity contribution >= 4 is 40.7 Å². The van der Waals surface area contributed by atoms with Gasteiger partial charge in [-0.15, -0.1) is 0 Å². The van der Waals surface area contributed by atoms with Crippen LogP contribution in [0.25, 0.3) is 0 Å². The van der Waals surface area contributed by atoms with Crippen molar-refractivity contribution in [1.82, 2.24) is 9.97 Å². The molecule has 160 valence electrons. The number of carbonyl (C=O) groups is 2. The number of aryl methyl sites for hydroxylation is 1. The van der Waals surface area contributed by atoms with E-state index in [-0.39, 0.29) is 30.2 Å². The molecular weight excluding hydrogens is 410 g/mol. The van der Waals surface area contributed by atoms with Crippen molar-refractivity contribution in [3.05, 3.63) is 44.8 Å². The number of hydrogen-bond donors (Lipinski definition) is 3. The summed E-state index contributed by atoms with van der Waals surface area (Å²) in [4.78, 5) is 45.4. The van der Waals surface area contributed by atoms with Gasteiger partial charge >= 0.3 is 0 Å². The van der Waals surface area contributed by atoms with E-state index >= 15 is 0 Å². The van der Waals surface area contributed by atoms with E-state index in [0.29, 0.717) is 59.9 Å². The van der Waals surface area contributed by atoms with Crippen molar-refractivity contribution in [3.63, 3.8) is 0 Å². The van der Waals surface area contributed by atoms with Gasteiger partial charge in [0.15, 0.2) is 0 Å². The molecule has 30 heavy (non-hydrogen) atoms. The molecule has 3 rings (SSSR count).